The minimum Gasteiger partial charge on any atom is -0.497 e. The van der Waals surface area contributed by atoms with Crippen LogP contribution in [-0.4, -0.2) is 28.1 Å². The van der Waals surface area contributed by atoms with Gasteiger partial charge in [-0.2, -0.15) is 4.98 Å². The molecule has 3 rings (SSSR count). The highest BCUT2D eigenvalue weighted by molar-refractivity contribution is 5.94. The van der Waals surface area contributed by atoms with Crippen molar-refractivity contribution in [3.8, 4) is 17.0 Å². The van der Waals surface area contributed by atoms with Crippen molar-refractivity contribution < 1.29 is 14.1 Å². The van der Waals surface area contributed by atoms with Crippen molar-refractivity contribution in [2.45, 2.75) is 40.2 Å². The molecule has 0 fully saturated rings. The Kier molecular flexibility index (Phi) is 5.73. The molecule has 28 heavy (non-hydrogen) atoms. The van der Waals surface area contributed by atoms with E-state index in [0.29, 0.717) is 17.3 Å². The first-order chi connectivity index (χ1) is 13.4. The molecule has 0 unspecified atom stereocenters. The van der Waals surface area contributed by atoms with Gasteiger partial charge in [-0.15, -0.1) is 0 Å². The highest BCUT2D eigenvalue weighted by Gasteiger charge is 2.13. The lowest BCUT2D eigenvalue weighted by Crippen LogP contribution is -2.23. The Hall–Kier alpha value is -3.22. The Bertz CT molecular complexity index is 955. The number of hydrogen-bond donors (Lipinski definition) is 1. The standard InChI is InChI=1S/C21H24N4O3/c1-12(2)21-24-18(25-28-21)11-23-20(26)15-6-7-17(22-10-15)19-13(3)8-16(27-5)9-14(19)4/h6-10,12H,11H2,1-5H3,(H,23,26). The number of nitrogens with one attached hydrogen (secondary N) is 1. The second-order valence-electron chi connectivity index (χ2n) is 6.95. The Morgan fingerprint density at radius 1 is 1.21 bits per heavy atom. The number of nitrogens with zero attached hydrogens (tertiary/aromatic N) is 3. The zero-order chi connectivity index (χ0) is 20.3. The van der Waals surface area contributed by atoms with E-state index in [2.05, 4.69) is 20.4 Å². The van der Waals surface area contributed by atoms with E-state index in [4.69, 9.17) is 9.26 Å². The average Bonchev–Trinajstić information content (AvgIpc) is 3.15. The van der Waals surface area contributed by atoms with E-state index in [1.807, 2.05) is 45.9 Å². The Morgan fingerprint density at radius 2 is 1.93 bits per heavy atom. The van der Waals surface area contributed by atoms with Crippen LogP contribution in [0, 0.1) is 13.8 Å². The number of aryl methyl sites for hydroxylation is 2. The van der Waals surface area contributed by atoms with Gasteiger partial charge in [-0.25, -0.2) is 0 Å². The van der Waals surface area contributed by atoms with Gasteiger partial charge < -0.3 is 14.6 Å². The van der Waals surface area contributed by atoms with Crippen molar-refractivity contribution in [2.24, 2.45) is 0 Å². The number of pyridine rings is 1. The fourth-order valence-electron chi connectivity index (χ4n) is 2.96. The predicted molar refractivity (Wildman–Crippen MR) is 105 cm³/mol. The van der Waals surface area contributed by atoms with Gasteiger partial charge in [-0.1, -0.05) is 19.0 Å². The van der Waals surface area contributed by atoms with E-state index >= 15 is 0 Å². The molecule has 1 N–H and O–H groups in total. The molecule has 0 spiro atoms. The maximum Gasteiger partial charge on any atom is 0.253 e. The lowest BCUT2D eigenvalue weighted by atomic mass is 9.98. The minimum absolute atomic E-state index is 0.151. The molecule has 1 amide bonds. The van der Waals surface area contributed by atoms with Crippen LogP contribution in [0.4, 0.5) is 0 Å². The van der Waals surface area contributed by atoms with Crippen molar-refractivity contribution in [1.29, 1.82) is 0 Å². The molecule has 1 aromatic carbocycles. The second-order valence-corrected chi connectivity index (χ2v) is 6.95. The Balaban J connectivity index is 1.71. The summed E-state index contributed by atoms with van der Waals surface area (Å²) in [4.78, 5) is 21.1. The van der Waals surface area contributed by atoms with Crippen molar-refractivity contribution >= 4 is 5.91 Å². The first-order valence-corrected chi connectivity index (χ1v) is 9.11. The van der Waals surface area contributed by atoms with Gasteiger partial charge in [-0.3, -0.25) is 9.78 Å². The lowest BCUT2D eigenvalue weighted by Gasteiger charge is -2.12. The summed E-state index contributed by atoms with van der Waals surface area (Å²) in [6, 6.07) is 7.56. The highest BCUT2D eigenvalue weighted by atomic mass is 16.5. The van der Waals surface area contributed by atoms with Crippen LogP contribution in [0.3, 0.4) is 0 Å². The molecule has 7 heteroatoms. The molecule has 0 aliphatic rings. The second kappa shape index (κ2) is 8.21. The van der Waals surface area contributed by atoms with E-state index in [0.717, 1.165) is 28.1 Å². The maximum absolute atomic E-state index is 12.4. The maximum atomic E-state index is 12.4. The van der Waals surface area contributed by atoms with Crippen molar-refractivity contribution in [2.75, 3.05) is 7.11 Å². The molecule has 0 aliphatic heterocycles. The number of hydrogen-bond acceptors (Lipinski definition) is 6. The zero-order valence-corrected chi connectivity index (χ0v) is 16.7. The number of carbonyl (C=O) groups excluding carboxylic acids is 1. The third kappa shape index (κ3) is 4.19. The number of methoxy groups -OCH3 is 1. The largest absolute Gasteiger partial charge is 0.497 e. The zero-order valence-electron chi connectivity index (χ0n) is 16.7. The number of amides is 1. The third-order valence-electron chi connectivity index (χ3n) is 4.41. The Morgan fingerprint density at radius 3 is 2.46 bits per heavy atom. The smallest absolute Gasteiger partial charge is 0.253 e. The molecule has 7 nitrogen and oxygen atoms in total. The van der Waals surface area contributed by atoms with Crippen LogP contribution in [0.15, 0.2) is 35.0 Å². The van der Waals surface area contributed by atoms with Crippen molar-refractivity contribution in [3.63, 3.8) is 0 Å². The average molecular weight is 380 g/mol. The highest BCUT2D eigenvalue weighted by Crippen LogP contribution is 2.29. The van der Waals surface area contributed by atoms with Crippen LogP contribution in [0.2, 0.25) is 0 Å². The quantitative estimate of drug-likeness (QED) is 0.699. The minimum atomic E-state index is -0.238. The molecule has 0 saturated carbocycles. The number of aromatic nitrogens is 3. The summed E-state index contributed by atoms with van der Waals surface area (Å²) in [5.41, 5.74) is 4.47. The van der Waals surface area contributed by atoms with E-state index in [-0.39, 0.29) is 18.4 Å². The number of benzene rings is 1. The first kappa shape index (κ1) is 19.5. The van der Waals surface area contributed by atoms with Gasteiger partial charge >= 0.3 is 0 Å². The summed E-state index contributed by atoms with van der Waals surface area (Å²) in [6.07, 6.45) is 1.57. The van der Waals surface area contributed by atoms with Gasteiger partial charge in [0.15, 0.2) is 5.82 Å². The molecule has 146 valence electrons. The topological polar surface area (TPSA) is 90.1 Å². The SMILES string of the molecule is COc1cc(C)c(-c2ccc(C(=O)NCc3noc(C(C)C)n3)cn2)c(C)c1. The van der Waals surface area contributed by atoms with Gasteiger partial charge in [0.25, 0.3) is 5.91 Å². The molecule has 0 bridgehead atoms. The molecular weight excluding hydrogens is 356 g/mol. The number of carbonyl (C=O) groups is 1. The van der Waals surface area contributed by atoms with Crippen LogP contribution in [0.5, 0.6) is 5.75 Å². The fourth-order valence-corrected chi connectivity index (χ4v) is 2.96. The molecule has 3 aromatic rings. The molecule has 0 saturated heterocycles. The van der Waals surface area contributed by atoms with E-state index in [1.54, 1.807) is 19.4 Å². The predicted octanol–water partition coefficient (Wildman–Crippen LogP) is 3.81. The van der Waals surface area contributed by atoms with Gasteiger partial charge in [0, 0.05) is 17.7 Å². The number of rotatable bonds is 6. The molecule has 0 radical (unpaired) electrons. The van der Waals surface area contributed by atoms with E-state index < -0.39 is 0 Å². The van der Waals surface area contributed by atoms with Crippen LogP contribution in [0.1, 0.15) is 53.0 Å². The van der Waals surface area contributed by atoms with Crippen molar-refractivity contribution in [1.82, 2.24) is 20.4 Å². The summed E-state index contributed by atoms with van der Waals surface area (Å²) in [6.45, 7) is 8.17. The first-order valence-electron chi connectivity index (χ1n) is 9.11. The number of ether oxygens (including phenoxy) is 1. The van der Waals surface area contributed by atoms with Gasteiger partial charge in [0.1, 0.15) is 5.75 Å². The monoisotopic (exact) mass is 380 g/mol. The lowest BCUT2D eigenvalue weighted by molar-refractivity contribution is 0.0949. The van der Waals surface area contributed by atoms with Gasteiger partial charge in [0.2, 0.25) is 5.89 Å². The summed E-state index contributed by atoms with van der Waals surface area (Å²) in [5, 5.41) is 6.65. The fraction of sp³-hybridized carbons (Fsp3) is 0.333. The van der Waals surface area contributed by atoms with Crippen LogP contribution < -0.4 is 10.1 Å². The van der Waals surface area contributed by atoms with Crippen LogP contribution in [0.25, 0.3) is 11.3 Å². The van der Waals surface area contributed by atoms with Crippen LogP contribution >= 0.6 is 0 Å². The van der Waals surface area contributed by atoms with Gasteiger partial charge in [-0.05, 0) is 49.2 Å². The molecule has 2 aromatic heterocycles. The molecule has 2 heterocycles. The molecule has 0 atom stereocenters. The Labute approximate surface area is 164 Å². The normalized spacial score (nSPS) is 10.9. The van der Waals surface area contributed by atoms with E-state index in [1.165, 1.54) is 0 Å². The van der Waals surface area contributed by atoms with Gasteiger partial charge in [0.05, 0.1) is 24.9 Å². The summed E-state index contributed by atoms with van der Waals surface area (Å²) in [7, 11) is 1.65. The van der Waals surface area contributed by atoms with E-state index in [9.17, 15) is 4.79 Å². The summed E-state index contributed by atoms with van der Waals surface area (Å²) in [5.74, 6) is 1.74. The molecular formula is C21H24N4O3. The summed E-state index contributed by atoms with van der Waals surface area (Å²) < 4.78 is 10.4. The third-order valence-corrected chi connectivity index (χ3v) is 4.41. The summed E-state index contributed by atoms with van der Waals surface area (Å²) >= 11 is 0. The molecule has 0 aliphatic carbocycles. The van der Waals surface area contributed by atoms with Crippen LogP contribution in [-0.2, 0) is 6.54 Å². The van der Waals surface area contributed by atoms with Crippen molar-refractivity contribution in [3.05, 3.63) is 58.9 Å².